The van der Waals surface area contributed by atoms with E-state index in [1.807, 2.05) is 7.05 Å². The molecule has 0 radical (unpaired) electrons. The fourth-order valence-electron chi connectivity index (χ4n) is 1.92. The van der Waals surface area contributed by atoms with Gasteiger partial charge in [0.15, 0.2) is 0 Å². The largest absolute Gasteiger partial charge is 0.353 e. The summed E-state index contributed by atoms with van der Waals surface area (Å²) in [7, 11) is 1.86. The Kier molecular flexibility index (Phi) is 3.21. The maximum Gasteiger partial charge on any atom is 0.330 e. The molecule has 6 heteroatoms. The fraction of sp³-hybridized carbons (Fsp3) is 0.600. The van der Waals surface area contributed by atoms with E-state index < -0.39 is 5.69 Å². The second-order valence-electron chi connectivity index (χ2n) is 3.87. The number of likely N-dealkylation sites (N-methyl/N-ethyl adjacent to an activating group) is 1. The van der Waals surface area contributed by atoms with Crippen molar-refractivity contribution in [1.82, 2.24) is 14.9 Å². The second kappa shape index (κ2) is 4.63. The van der Waals surface area contributed by atoms with Gasteiger partial charge in [-0.05, 0) is 19.9 Å². The lowest BCUT2D eigenvalue weighted by Crippen LogP contribution is -2.32. The SMILES string of the molecule is CNCC1CCC(n2ccc(=O)[nH]c2=O)O1. The van der Waals surface area contributed by atoms with Crippen molar-refractivity contribution in [2.45, 2.75) is 25.2 Å². The van der Waals surface area contributed by atoms with Gasteiger partial charge in [0.05, 0.1) is 6.10 Å². The highest BCUT2D eigenvalue weighted by Gasteiger charge is 2.26. The first-order valence-electron chi connectivity index (χ1n) is 5.32. The molecule has 2 rings (SSSR count). The number of rotatable bonds is 3. The van der Waals surface area contributed by atoms with Gasteiger partial charge in [0.2, 0.25) is 0 Å². The molecular formula is C10H15N3O3. The van der Waals surface area contributed by atoms with Gasteiger partial charge in [-0.15, -0.1) is 0 Å². The molecule has 0 bridgehead atoms. The predicted octanol–water partition coefficient (Wildman–Crippen LogP) is -0.566. The topological polar surface area (TPSA) is 76.1 Å². The number of ether oxygens (including phenoxy) is 1. The maximum absolute atomic E-state index is 11.5. The van der Waals surface area contributed by atoms with Crippen molar-refractivity contribution in [2.24, 2.45) is 0 Å². The van der Waals surface area contributed by atoms with Crippen LogP contribution in [0.2, 0.25) is 0 Å². The molecule has 2 N–H and O–H groups in total. The molecule has 16 heavy (non-hydrogen) atoms. The lowest BCUT2D eigenvalue weighted by Gasteiger charge is -2.15. The number of aromatic amines is 1. The molecule has 0 aliphatic carbocycles. The molecule has 1 fully saturated rings. The van der Waals surface area contributed by atoms with Crippen LogP contribution in [-0.4, -0.2) is 29.2 Å². The van der Waals surface area contributed by atoms with Crippen molar-refractivity contribution in [1.29, 1.82) is 0 Å². The zero-order valence-corrected chi connectivity index (χ0v) is 9.10. The Balaban J connectivity index is 2.14. The van der Waals surface area contributed by atoms with Crippen LogP contribution in [0, 0.1) is 0 Å². The standard InChI is InChI=1S/C10H15N3O3/c1-11-6-7-2-3-9(16-7)13-5-4-8(14)12-10(13)15/h4-5,7,9,11H,2-3,6H2,1H3,(H,12,14,15). The predicted molar refractivity (Wildman–Crippen MR) is 58.4 cm³/mol. The van der Waals surface area contributed by atoms with Crippen LogP contribution in [0.5, 0.6) is 0 Å². The van der Waals surface area contributed by atoms with Crippen molar-refractivity contribution in [2.75, 3.05) is 13.6 Å². The molecular weight excluding hydrogens is 210 g/mol. The molecule has 2 heterocycles. The van der Waals surface area contributed by atoms with E-state index in [0.29, 0.717) is 0 Å². The van der Waals surface area contributed by atoms with Crippen LogP contribution in [-0.2, 0) is 4.74 Å². The van der Waals surface area contributed by atoms with Crippen molar-refractivity contribution in [3.05, 3.63) is 33.1 Å². The summed E-state index contributed by atoms with van der Waals surface area (Å²) in [5, 5.41) is 3.04. The van der Waals surface area contributed by atoms with E-state index in [1.54, 1.807) is 0 Å². The van der Waals surface area contributed by atoms with Crippen LogP contribution < -0.4 is 16.6 Å². The Labute approximate surface area is 92.3 Å². The van der Waals surface area contributed by atoms with E-state index in [9.17, 15) is 9.59 Å². The third kappa shape index (κ3) is 2.23. The van der Waals surface area contributed by atoms with Crippen LogP contribution in [0.3, 0.4) is 0 Å². The molecule has 2 unspecified atom stereocenters. The van der Waals surface area contributed by atoms with E-state index in [2.05, 4.69) is 10.3 Å². The summed E-state index contributed by atoms with van der Waals surface area (Å²) >= 11 is 0. The fourth-order valence-corrected chi connectivity index (χ4v) is 1.92. The molecule has 0 spiro atoms. The zero-order valence-electron chi connectivity index (χ0n) is 9.10. The van der Waals surface area contributed by atoms with Crippen molar-refractivity contribution in [3.63, 3.8) is 0 Å². The Morgan fingerprint density at radius 2 is 2.38 bits per heavy atom. The van der Waals surface area contributed by atoms with Gasteiger partial charge < -0.3 is 10.1 Å². The average molecular weight is 225 g/mol. The van der Waals surface area contributed by atoms with Crippen molar-refractivity contribution in [3.8, 4) is 0 Å². The van der Waals surface area contributed by atoms with Gasteiger partial charge in [-0.1, -0.05) is 0 Å². The Morgan fingerprint density at radius 1 is 1.56 bits per heavy atom. The molecule has 1 aliphatic heterocycles. The Hall–Kier alpha value is -1.40. The quantitative estimate of drug-likeness (QED) is 0.722. The molecule has 1 aromatic heterocycles. The minimum atomic E-state index is -0.414. The number of aromatic nitrogens is 2. The van der Waals surface area contributed by atoms with E-state index in [0.717, 1.165) is 19.4 Å². The van der Waals surface area contributed by atoms with Gasteiger partial charge in [0.25, 0.3) is 5.56 Å². The summed E-state index contributed by atoms with van der Waals surface area (Å²) in [6.45, 7) is 0.772. The number of nitrogens with zero attached hydrogens (tertiary/aromatic N) is 1. The molecule has 0 saturated carbocycles. The Bertz CT molecular complexity index is 465. The summed E-state index contributed by atoms with van der Waals surface area (Å²) in [4.78, 5) is 24.6. The van der Waals surface area contributed by atoms with Crippen LogP contribution >= 0.6 is 0 Å². The number of H-pyrrole nitrogens is 1. The smallest absolute Gasteiger partial charge is 0.330 e. The van der Waals surface area contributed by atoms with Gasteiger partial charge in [-0.2, -0.15) is 0 Å². The molecule has 6 nitrogen and oxygen atoms in total. The maximum atomic E-state index is 11.5. The first kappa shape index (κ1) is 11.1. The van der Waals surface area contributed by atoms with E-state index in [-0.39, 0.29) is 17.9 Å². The minimum absolute atomic E-state index is 0.133. The van der Waals surface area contributed by atoms with E-state index in [1.165, 1.54) is 16.8 Å². The zero-order chi connectivity index (χ0) is 11.5. The van der Waals surface area contributed by atoms with Crippen LogP contribution in [0.25, 0.3) is 0 Å². The van der Waals surface area contributed by atoms with E-state index in [4.69, 9.17) is 4.74 Å². The first-order chi connectivity index (χ1) is 7.70. The van der Waals surface area contributed by atoms with E-state index >= 15 is 0 Å². The lowest BCUT2D eigenvalue weighted by molar-refractivity contribution is 0.000780. The van der Waals surface area contributed by atoms with Gasteiger partial charge >= 0.3 is 5.69 Å². The summed E-state index contributed by atoms with van der Waals surface area (Å²) < 4.78 is 7.11. The molecule has 0 aromatic carbocycles. The Morgan fingerprint density at radius 3 is 3.06 bits per heavy atom. The molecule has 0 amide bonds. The average Bonchev–Trinajstić information content (AvgIpc) is 2.67. The monoisotopic (exact) mass is 225 g/mol. The lowest BCUT2D eigenvalue weighted by atomic mass is 10.2. The van der Waals surface area contributed by atoms with Crippen molar-refractivity contribution < 1.29 is 4.74 Å². The summed E-state index contributed by atoms with van der Waals surface area (Å²) in [6, 6.07) is 1.33. The van der Waals surface area contributed by atoms with Gasteiger partial charge in [-0.25, -0.2) is 4.79 Å². The molecule has 88 valence electrons. The third-order valence-electron chi connectivity index (χ3n) is 2.68. The minimum Gasteiger partial charge on any atom is -0.353 e. The molecule has 1 saturated heterocycles. The molecule has 2 atom stereocenters. The van der Waals surface area contributed by atoms with Gasteiger partial charge in [-0.3, -0.25) is 14.3 Å². The van der Waals surface area contributed by atoms with Crippen LogP contribution in [0.4, 0.5) is 0 Å². The first-order valence-corrected chi connectivity index (χ1v) is 5.32. The second-order valence-corrected chi connectivity index (χ2v) is 3.87. The van der Waals surface area contributed by atoms with Gasteiger partial charge in [0.1, 0.15) is 6.23 Å². The summed E-state index contributed by atoms with van der Waals surface area (Å²) in [6.07, 6.45) is 3.06. The number of hydrogen-bond acceptors (Lipinski definition) is 4. The van der Waals surface area contributed by atoms with Gasteiger partial charge in [0, 0.05) is 18.8 Å². The highest BCUT2D eigenvalue weighted by atomic mass is 16.5. The summed E-state index contributed by atoms with van der Waals surface area (Å²) in [5.41, 5.74) is -0.798. The van der Waals surface area contributed by atoms with Crippen molar-refractivity contribution >= 4 is 0 Å². The van der Waals surface area contributed by atoms with Crippen LogP contribution in [0.15, 0.2) is 21.9 Å². The number of nitrogens with one attached hydrogen (secondary N) is 2. The number of hydrogen-bond donors (Lipinski definition) is 2. The highest BCUT2D eigenvalue weighted by molar-refractivity contribution is 4.86. The molecule has 1 aromatic rings. The third-order valence-corrected chi connectivity index (χ3v) is 2.68. The normalized spacial score (nSPS) is 24.8. The molecule has 1 aliphatic rings. The summed E-state index contributed by atoms with van der Waals surface area (Å²) in [5.74, 6) is 0. The van der Waals surface area contributed by atoms with Crippen LogP contribution in [0.1, 0.15) is 19.1 Å². The highest BCUT2D eigenvalue weighted by Crippen LogP contribution is 2.26.